The molecular weight excluding hydrogens is 292 g/mol. The first-order chi connectivity index (χ1) is 11.0. The van der Waals surface area contributed by atoms with Gasteiger partial charge >= 0.3 is 5.97 Å². The normalized spacial score (nSPS) is 13.2. The molecule has 23 heavy (non-hydrogen) atoms. The second-order valence-corrected chi connectivity index (χ2v) is 5.53. The zero-order valence-corrected chi connectivity index (χ0v) is 13.7. The van der Waals surface area contributed by atoms with E-state index < -0.39 is 5.41 Å². The van der Waals surface area contributed by atoms with Gasteiger partial charge in [-0.1, -0.05) is 37.3 Å². The third-order valence-corrected chi connectivity index (χ3v) is 4.25. The predicted octanol–water partition coefficient (Wildman–Crippen LogP) is 2.57. The number of carbonyl (C=O) groups is 2. The lowest BCUT2D eigenvalue weighted by Crippen LogP contribution is -2.47. The van der Waals surface area contributed by atoms with Crippen molar-refractivity contribution in [3.8, 4) is 0 Å². The number of aryl methyl sites for hydroxylation is 1. The van der Waals surface area contributed by atoms with E-state index in [4.69, 9.17) is 4.74 Å². The number of carbonyl (C=O) groups excluding carboxylic acids is 2. The molecule has 2 rings (SSSR count). The summed E-state index contributed by atoms with van der Waals surface area (Å²) in [7, 11) is 1.37. The molecule has 0 saturated heterocycles. The fourth-order valence-corrected chi connectivity index (χ4v) is 2.73. The zero-order valence-electron chi connectivity index (χ0n) is 13.7. The summed E-state index contributed by atoms with van der Waals surface area (Å²) in [6.07, 6.45) is 3.94. The third kappa shape index (κ3) is 3.28. The smallest absolute Gasteiger partial charge is 0.318 e. The van der Waals surface area contributed by atoms with Crippen molar-refractivity contribution in [1.29, 1.82) is 0 Å². The Labute approximate surface area is 136 Å². The number of aromatic nitrogens is 1. The van der Waals surface area contributed by atoms with Gasteiger partial charge in [-0.05, 0) is 24.5 Å². The van der Waals surface area contributed by atoms with Crippen molar-refractivity contribution in [1.82, 2.24) is 10.3 Å². The van der Waals surface area contributed by atoms with Gasteiger partial charge in [0.2, 0.25) is 0 Å². The van der Waals surface area contributed by atoms with Crippen molar-refractivity contribution in [2.24, 2.45) is 0 Å². The van der Waals surface area contributed by atoms with Gasteiger partial charge in [0.15, 0.2) is 0 Å². The van der Waals surface area contributed by atoms with Crippen molar-refractivity contribution >= 4 is 11.9 Å². The van der Waals surface area contributed by atoms with Crippen LogP contribution in [0.1, 0.15) is 34.8 Å². The molecule has 5 nitrogen and oxygen atoms in total. The first-order valence-electron chi connectivity index (χ1n) is 7.60. The van der Waals surface area contributed by atoms with Crippen LogP contribution in [-0.4, -0.2) is 30.5 Å². The second-order valence-electron chi connectivity index (χ2n) is 5.53. The van der Waals surface area contributed by atoms with Crippen LogP contribution in [-0.2, 0) is 14.9 Å². The Balaban J connectivity index is 2.27. The highest BCUT2D eigenvalue weighted by Crippen LogP contribution is 2.29. The van der Waals surface area contributed by atoms with Gasteiger partial charge in [-0.2, -0.15) is 0 Å². The molecule has 0 radical (unpaired) electrons. The molecule has 0 bridgehead atoms. The van der Waals surface area contributed by atoms with Gasteiger partial charge in [-0.25, -0.2) is 0 Å². The largest absolute Gasteiger partial charge is 0.468 e. The quantitative estimate of drug-likeness (QED) is 0.805. The highest BCUT2D eigenvalue weighted by molar-refractivity contribution is 5.96. The number of nitrogens with one attached hydrogen (secondary N) is 2. The summed E-state index contributed by atoms with van der Waals surface area (Å²) in [5.74, 6) is -0.557. The van der Waals surface area contributed by atoms with Crippen molar-refractivity contribution in [2.45, 2.75) is 25.7 Å². The summed E-state index contributed by atoms with van der Waals surface area (Å²) in [6.45, 7) is 3.96. The fraction of sp³-hybridized carbons (Fsp3) is 0.333. The summed E-state index contributed by atoms with van der Waals surface area (Å²) in [5, 5.41) is 2.87. The van der Waals surface area contributed by atoms with E-state index in [-0.39, 0.29) is 18.4 Å². The first-order valence-corrected chi connectivity index (χ1v) is 7.60. The third-order valence-electron chi connectivity index (χ3n) is 4.25. The average Bonchev–Trinajstić information content (AvgIpc) is 3.02. The number of methoxy groups -OCH3 is 1. The Kier molecular flexibility index (Phi) is 5.21. The van der Waals surface area contributed by atoms with E-state index in [0.717, 1.165) is 11.1 Å². The van der Waals surface area contributed by atoms with Crippen LogP contribution in [0.4, 0.5) is 0 Å². The summed E-state index contributed by atoms with van der Waals surface area (Å²) < 4.78 is 5.01. The molecule has 122 valence electrons. The standard InChI is InChI=1S/C18H22N2O3/c1-4-18(17(22)23-3,14-8-6-5-7-9-14)12-20-16(21)15-11-19-10-13(15)2/h5-11,19H,4,12H2,1-3H3,(H,20,21)/t18-/m1/s1. The second kappa shape index (κ2) is 7.13. The molecule has 0 spiro atoms. The minimum absolute atomic E-state index is 0.184. The fourth-order valence-electron chi connectivity index (χ4n) is 2.73. The molecule has 1 amide bonds. The number of ether oxygens (including phenoxy) is 1. The number of esters is 1. The number of amides is 1. The molecule has 1 heterocycles. The summed E-state index contributed by atoms with van der Waals surface area (Å²) in [5.41, 5.74) is 1.38. The lowest BCUT2D eigenvalue weighted by atomic mass is 9.78. The van der Waals surface area contributed by atoms with Gasteiger partial charge in [-0.15, -0.1) is 0 Å². The van der Waals surface area contributed by atoms with Crippen molar-refractivity contribution in [3.05, 3.63) is 59.4 Å². The van der Waals surface area contributed by atoms with Crippen molar-refractivity contribution in [3.63, 3.8) is 0 Å². The molecule has 2 N–H and O–H groups in total. The number of H-pyrrole nitrogens is 1. The lowest BCUT2D eigenvalue weighted by Gasteiger charge is -2.30. The Bertz CT molecular complexity index is 679. The van der Waals surface area contributed by atoms with E-state index >= 15 is 0 Å². The number of hydrogen-bond donors (Lipinski definition) is 2. The minimum atomic E-state index is -0.893. The Hall–Kier alpha value is -2.56. The van der Waals surface area contributed by atoms with E-state index in [1.165, 1.54) is 7.11 Å². The van der Waals surface area contributed by atoms with E-state index in [0.29, 0.717) is 12.0 Å². The van der Waals surface area contributed by atoms with Crippen LogP contribution in [0.25, 0.3) is 0 Å². The molecule has 5 heteroatoms. The van der Waals surface area contributed by atoms with Crippen LogP contribution in [0.2, 0.25) is 0 Å². The average molecular weight is 314 g/mol. The summed E-state index contributed by atoms with van der Waals surface area (Å²) in [4.78, 5) is 27.7. The minimum Gasteiger partial charge on any atom is -0.468 e. The molecule has 2 aromatic rings. The highest BCUT2D eigenvalue weighted by Gasteiger charge is 2.40. The molecule has 0 fully saturated rings. The molecule has 1 atom stereocenters. The lowest BCUT2D eigenvalue weighted by molar-refractivity contribution is -0.147. The van der Waals surface area contributed by atoms with Gasteiger partial charge < -0.3 is 15.0 Å². The van der Waals surface area contributed by atoms with Gasteiger partial charge in [-0.3, -0.25) is 9.59 Å². The van der Waals surface area contributed by atoms with Gasteiger partial charge in [0.1, 0.15) is 5.41 Å². The van der Waals surface area contributed by atoms with Gasteiger partial charge in [0.05, 0.1) is 12.7 Å². The molecule has 1 aromatic carbocycles. The molecule has 0 saturated carbocycles. The molecule has 0 aliphatic rings. The van der Waals surface area contributed by atoms with Crippen LogP contribution in [0, 0.1) is 6.92 Å². The Morgan fingerprint density at radius 3 is 2.43 bits per heavy atom. The maximum Gasteiger partial charge on any atom is 0.318 e. The van der Waals surface area contributed by atoms with Crippen LogP contribution in [0.3, 0.4) is 0 Å². The monoisotopic (exact) mass is 314 g/mol. The number of aromatic amines is 1. The van der Waals surface area contributed by atoms with E-state index in [2.05, 4.69) is 10.3 Å². The zero-order chi connectivity index (χ0) is 16.9. The maximum absolute atomic E-state index is 12.5. The van der Waals surface area contributed by atoms with Gasteiger partial charge in [0.25, 0.3) is 5.91 Å². The van der Waals surface area contributed by atoms with Crippen LogP contribution in [0.5, 0.6) is 0 Å². The van der Waals surface area contributed by atoms with E-state index in [1.54, 1.807) is 12.4 Å². The maximum atomic E-state index is 12.5. The topological polar surface area (TPSA) is 71.2 Å². The number of rotatable bonds is 6. The van der Waals surface area contributed by atoms with Gasteiger partial charge in [0, 0.05) is 18.9 Å². The molecule has 0 unspecified atom stereocenters. The van der Waals surface area contributed by atoms with Crippen LogP contribution in [0.15, 0.2) is 42.7 Å². The molecular formula is C18H22N2O3. The molecule has 0 aliphatic carbocycles. The number of benzene rings is 1. The SMILES string of the molecule is CC[C@](CNC(=O)c1c[nH]cc1C)(C(=O)OC)c1ccccc1. The van der Waals surface area contributed by atoms with E-state index in [9.17, 15) is 9.59 Å². The van der Waals surface area contributed by atoms with Crippen molar-refractivity contribution in [2.75, 3.05) is 13.7 Å². The Morgan fingerprint density at radius 2 is 1.91 bits per heavy atom. The first kappa shape index (κ1) is 16.8. The highest BCUT2D eigenvalue weighted by atomic mass is 16.5. The molecule has 1 aromatic heterocycles. The summed E-state index contributed by atoms with van der Waals surface area (Å²) in [6, 6.07) is 9.41. The molecule has 0 aliphatic heterocycles. The van der Waals surface area contributed by atoms with Crippen LogP contribution < -0.4 is 5.32 Å². The summed E-state index contributed by atoms with van der Waals surface area (Å²) >= 11 is 0. The predicted molar refractivity (Wildman–Crippen MR) is 88.3 cm³/mol. The van der Waals surface area contributed by atoms with Crippen molar-refractivity contribution < 1.29 is 14.3 Å². The number of hydrogen-bond acceptors (Lipinski definition) is 3. The Morgan fingerprint density at radius 1 is 1.22 bits per heavy atom. The van der Waals surface area contributed by atoms with Crippen LogP contribution >= 0.6 is 0 Å². The van der Waals surface area contributed by atoms with E-state index in [1.807, 2.05) is 44.2 Å².